The maximum atomic E-state index is 13.3. The highest BCUT2D eigenvalue weighted by Gasteiger charge is 2.28. The zero-order valence-electron chi connectivity index (χ0n) is 17.8. The normalized spacial score (nSPS) is 11.7. The summed E-state index contributed by atoms with van der Waals surface area (Å²) in [4.78, 5) is 12.7. The lowest BCUT2D eigenvalue weighted by molar-refractivity contribution is -0.119. The van der Waals surface area contributed by atoms with E-state index in [1.165, 1.54) is 30.3 Å². The van der Waals surface area contributed by atoms with Crippen LogP contribution in [0.5, 0.6) is 5.75 Å². The smallest absolute Gasteiger partial charge is 0.264 e. The van der Waals surface area contributed by atoms with Gasteiger partial charge in [-0.25, -0.2) is 13.8 Å². The molecule has 0 heterocycles. The minimum atomic E-state index is -4.10. The molecule has 0 radical (unpaired) electrons. The minimum absolute atomic E-state index is 0.0155. The van der Waals surface area contributed by atoms with Crippen molar-refractivity contribution in [3.8, 4) is 5.75 Å². The Labute approximate surface area is 202 Å². The molecule has 3 aromatic rings. The topological polar surface area (TPSA) is 88.1 Å². The number of halogens is 2. The van der Waals surface area contributed by atoms with Crippen molar-refractivity contribution < 1.29 is 17.9 Å². The second-order valence-electron chi connectivity index (χ2n) is 6.88. The molecule has 0 saturated carbocycles. The highest BCUT2D eigenvalue weighted by molar-refractivity contribution is 7.92. The fourth-order valence-electron chi connectivity index (χ4n) is 2.91. The van der Waals surface area contributed by atoms with Crippen LogP contribution in [0.4, 0.5) is 5.69 Å². The number of hydrogen-bond acceptors (Lipinski definition) is 5. The molecule has 1 amide bonds. The van der Waals surface area contributed by atoms with E-state index in [9.17, 15) is 13.2 Å². The number of rotatable bonds is 8. The molecule has 0 saturated heterocycles. The minimum Gasteiger partial charge on any atom is -0.497 e. The Morgan fingerprint density at radius 1 is 1.03 bits per heavy atom. The number of hydrogen-bond donors (Lipinski definition) is 1. The number of amides is 1. The Morgan fingerprint density at radius 3 is 2.30 bits per heavy atom. The van der Waals surface area contributed by atoms with Crippen molar-refractivity contribution in [2.24, 2.45) is 5.10 Å². The van der Waals surface area contributed by atoms with Gasteiger partial charge in [0.1, 0.15) is 12.3 Å². The van der Waals surface area contributed by atoms with Crippen molar-refractivity contribution >= 4 is 50.5 Å². The highest BCUT2D eigenvalue weighted by atomic mass is 35.5. The van der Waals surface area contributed by atoms with E-state index < -0.39 is 22.5 Å². The van der Waals surface area contributed by atoms with Gasteiger partial charge in [0.25, 0.3) is 15.9 Å². The van der Waals surface area contributed by atoms with Gasteiger partial charge in [0.15, 0.2) is 0 Å². The van der Waals surface area contributed by atoms with Crippen molar-refractivity contribution in [1.82, 2.24) is 5.43 Å². The molecule has 0 unspecified atom stereocenters. The maximum Gasteiger partial charge on any atom is 0.264 e. The summed E-state index contributed by atoms with van der Waals surface area (Å²) >= 11 is 12.2. The van der Waals surface area contributed by atoms with Crippen molar-refractivity contribution in [1.29, 1.82) is 0 Å². The molecular weight excluding hydrogens is 485 g/mol. The van der Waals surface area contributed by atoms with Crippen LogP contribution in [-0.2, 0) is 14.8 Å². The molecule has 1 N–H and O–H groups in total. The van der Waals surface area contributed by atoms with Gasteiger partial charge in [-0.3, -0.25) is 9.10 Å². The number of nitrogens with zero attached hydrogens (tertiary/aromatic N) is 2. The van der Waals surface area contributed by atoms with E-state index in [0.717, 1.165) is 9.87 Å². The number of hydrazone groups is 1. The molecule has 0 aromatic heterocycles. The zero-order chi connectivity index (χ0) is 24.0. The molecule has 3 rings (SSSR count). The van der Waals surface area contributed by atoms with Crippen molar-refractivity contribution in [3.05, 3.63) is 88.4 Å². The number of sulfonamides is 1. The summed E-state index contributed by atoms with van der Waals surface area (Å²) in [5, 5.41) is 4.52. The van der Waals surface area contributed by atoms with Crippen molar-refractivity contribution in [2.45, 2.75) is 11.8 Å². The Hall–Kier alpha value is -3.07. The van der Waals surface area contributed by atoms with Crippen LogP contribution in [0.1, 0.15) is 12.5 Å². The van der Waals surface area contributed by atoms with Crippen molar-refractivity contribution in [3.63, 3.8) is 0 Å². The number of anilines is 1. The Morgan fingerprint density at radius 2 is 1.70 bits per heavy atom. The van der Waals surface area contributed by atoms with Gasteiger partial charge in [-0.1, -0.05) is 41.4 Å². The predicted octanol–water partition coefficient (Wildman–Crippen LogP) is 4.74. The van der Waals surface area contributed by atoms with Gasteiger partial charge in [0.05, 0.1) is 28.4 Å². The predicted molar refractivity (Wildman–Crippen MR) is 131 cm³/mol. The van der Waals surface area contributed by atoms with E-state index in [1.54, 1.807) is 56.5 Å². The fraction of sp³-hybridized carbons (Fsp3) is 0.130. The summed E-state index contributed by atoms with van der Waals surface area (Å²) in [6.45, 7) is 1.18. The monoisotopic (exact) mass is 505 g/mol. The van der Waals surface area contributed by atoms with Crippen LogP contribution in [-0.4, -0.2) is 33.7 Å². The molecule has 0 atom stereocenters. The van der Waals surface area contributed by atoms with Gasteiger partial charge < -0.3 is 4.74 Å². The highest BCUT2D eigenvalue weighted by Crippen LogP contribution is 2.32. The second kappa shape index (κ2) is 10.7. The van der Waals surface area contributed by atoms with Crippen LogP contribution >= 0.6 is 23.2 Å². The maximum absolute atomic E-state index is 13.3. The third-order valence-electron chi connectivity index (χ3n) is 4.65. The number of benzene rings is 3. The average Bonchev–Trinajstić information content (AvgIpc) is 2.82. The summed E-state index contributed by atoms with van der Waals surface area (Å²) < 4.78 is 32.7. The first-order chi connectivity index (χ1) is 15.7. The summed E-state index contributed by atoms with van der Waals surface area (Å²) in [5.74, 6) is 0.0468. The number of methoxy groups -OCH3 is 1. The lowest BCUT2D eigenvalue weighted by atomic mass is 10.1. The lowest BCUT2D eigenvalue weighted by Gasteiger charge is -2.24. The first-order valence-corrected chi connectivity index (χ1v) is 11.9. The van der Waals surface area contributed by atoms with Gasteiger partial charge in [0.2, 0.25) is 0 Å². The molecule has 0 aliphatic heterocycles. The average molecular weight is 506 g/mol. The number of nitrogens with one attached hydrogen (secondary N) is 1. The lowest BCUT2D eigenvalue weighted by Crippen LogP contribution is -2.40. The summed E-state index contributed by atoms with van der Waals surface area (Å²) in [6, 6.07) is 19.3. The summed E-state index contributed by atoms with van der Waals surface area (Å²) in [5.41, 5.74) is 3.83. The molecule has 7 nitrogen and oxygen atoms in total. The quantitative estimate of drug-likeness (QED) is 0.353. The van der Waals surface area contributed by atoms with Crippen LogP contribution in [0.25, 0.3) is 0 Å². The summed E-state index contributed by atoms with van der Waals surface area (Å²) in [6.07, 6.45) is 0. The van der Waals surface area contributed by atoms with Gasteiger partial charge >= 0.3 is 0 Å². The van der Waals surface area contributed by atoms with Crippen molar-refractivity contribution in [2.75, 3.05) is 18.0 Å². The Bertz CT molecular complexity index is 1260. The molecule has 3 aromatic carbocycles. The first kappa shape index (κ1) is 24.6. The van der Waals surface area contributed by atoms with Crippen LogP contribution in [0.15, 0.2) is 82.8 Å². The van der Waals surface area contributed by atoms with Crippen LogP contribution in [0.3, 0.4) is 0 Å². The SMILES string of the molecule is COc1ccc(/C(C)=N\NC(=O)CN(c2ccc(Cl)cc2Cl)S(=O)(=O)c2ccccc2)cc1. The zero-order valence-corrected chi connectivity index (χ0v) is 20.2. The third kappa shape index (κ3) is 6.04. The first-order valence-electron chi connectivity index (χ1n) is 9.73. The third-order valence-corrected chi connectivity index (χ3v) is 6.96. The van der Waals surface area contributed by atoms with E-state index >= 15 is 0 Å². The number of ether oxygens (including phenoxy) is 1. The molecule has 0 bridgehead atoms. The number of carbonyl (C=O) groups is 1. The van der Waals surface area contributed by atoms with E-state index in [-0.39, 0.29) is 15.6 Å². The van der Waals surface area contributed by atoms with Gasteiger partial charge in [0, 0.05) is 5.02 Å². The molecule has 172 valence electrons. The van der Waals surface area contributed by atoms with E-state index in [2.05, 4.69) is 10.5 Å². The van der Waals surface area contributed by atoms with Gasteiger partial charge in [-0.05, 0) is 67.1 Å². The Balaban J connectivity index is 1.87. The fourth-order valence-corrected chi connectivity index (χ4v) is 4.93. The molecule has 10 heteroatoms. The van der Waals surface area contributed by atoms with Gasteiger partial charge in [-0.2, -0.15) is 5.10 Å². The number of carbonyl (C=O) groups excluding carboxylic acids is 1. The largest absolute Gasteiger partial charge is 0.497 e. The molecular formula is C23H21Cl2N3O4S. The Kier molecular flexibility index (Phi) is 7.97. The molecule has 0 fully saturated rings. The van der Waals surface area contributed by atoms with E-state index in [1.807, 2.05) is 0 Å². The van der Waals surface area contributed by atoms with Gasteiger partial charge in [-0.15, -0.1) is 0 Å². The molecule has 0 aliphatic rings. The molecule has 33 heavy (non-hydrogen) atoms. The van der Waals surface area contributed by atoms with Crippen LogP contribution < -0.4 is 14.5 Å². The molecule has 0 spiro atoms. The summed E-state index contributed by atoms with van der Waals surface area (Å²) in [7, 11) is -2.53. The molecule has 0 aliphatic carbocycles. The van der Waals surface area contributed by atoms with Crippen LogP contribution in [0.2, 0.25) is 10.0 Å². The van der Waals surface area contributed by atoms with E-state index in [4.69, 9.17) is 27.9 Å². The van der Waals surface area contributed by atoms with Crippen LogP contribution in [0, 0.1) is 0 Å². The standard InChI is InChI=1S/C23H21Cl2N3O4S/c1-16(17-8-11-19(32-2)12-9-17)26-27-23(29)15-28(22-13-10-18(24)14-21(22)25)33(30,31)20-6-4-3-5-7-20/h3-14H,15H2,1-2H3,(H,27,29)/b26-16-. The van der Waals surface area contributed by atoms with E-state index in [0.29, 0.717) is 16.5 Å². The second-order valence-corrected chi connectivity index (χ2v) is 9.59.